The van der Waals surface area contributed by atoms with Crippen molar-refractivity contribution in [1.29, 1.82) is 0 Å². The highest BCUT2D eigenvalue weighted by molar-refractivity contribution is 5.68. The van der Waals surface area contributed by atoms with Crippen molar-refractivity contribution >= 4 is 5.57 Å². The molecule has 0 radical (unpaired) electrons. The van der Waals surface area contributed by atoms with Gasteiger partial charge in [0.15, 0.2) is 5.82 Å². The summed E-state index contributed by atoms with van der Waals surface area (Å²) in [6, 6.07) is 12.3. The summed E-state index contributed by atoms with van der Waals surface area (Å²) in [7, 11) is 0. The van der Waals surface area contributed by atoms with Gasteiger partial charge in [-0.2, -0.15) is 0 Å². The van der Waals surface area contributed by atoms with E-state index in [4.69, 9.17) is 4.98 Å². The highest BCUT2D eigenvalue weighted by Gasteiger charge is 2.36. The monoisotopic (exact) mass is 274 g/mol. The van der Waals surface area contributed by atoms with Crippen LogP contribution in [0.2, 0.25) is 0 Å². The smallest absolute Gasteiger partial charge is 0.159 e. The zero-order valence-electron chi connectivity index (χ0n) is 12.2. The lowest BCUT2D eigenvalue weighted by Crippen LogP contribution is -1.98. The van der Waals surface area contributed by atoms with Crippen molar-refractivity contribution < 1.29 is 0 Å². The van der Waals surface area contributed by atoms with E-state index in [9.17, 15) is 0 Å². The van der Waals surface area contributed by atoms with E-state index in [0.717, 1.165) is 41.0 Å². The Kier molecular flexibility index (Phi) is 2.95. The lowest BCUT2D eigenvalue weighted by Gasteiger charge is -2.09. The molecule has 2 nitrogen and oxygen atoms in total. The van der Waals surface area contributed by atoms with Gasteiger partial charge in [0.05, 0.1) is 5.69 Å². The summed E-state index contributed by atoms with van der Waals surface area (Å²) in [5.41, 5.74) is 4.54. The molecule has 2 aliphatic carbocycles. The molecule has 1 fully saturated rings. The number of hydrogen-bond donors (Lipinski definition) is 0. The highest BCUT2D eigenvalue weighted by Crippen LogP contribution is 2.47. The van der Waals surface area contributed by atoms with E-state index in [1.165, 1.54) is 12.0 Å². The Morgan fingerprint density at radius 3 is 2.81 bits per heavy atom. The number of aromatic nitrogens is 2. The maximum atomic E-state index is 4.81. The fourth-order valence-electron chi connectivity index (χ4n) is 3.05. The topological polar surface area (TPSA) is 25.8 Å². The Morgan fingerprint density at radius 1 is 1.10 bits per heavy atom. The lowest BCUT2D eigenvalue weighted by molar-refractivity contribution is 0.820. The second-order valence-electron chi connectivity index (χ2n) is 6.02. The second-order valence-corrected chi connectivity index (χ2v) is 6.02. The van der Waals surface area contributed by atoms with Gasteiger partial charge in [0.1, 0.15) is 0 Å². The van der Waals surface area contributed by atoms with Crippen LogP contribution in [-0.4, -0.2) is 9.97 Å². The van der Waals surface area contributed by atoms with Gasteiger partial charge in [-0.25, -0.2) is 9.97 Å². The van der Waals surface area contributed by atoms with Gasteiger partial charge in [0.25, 0.3) is 0 Å². The van der Waals surface area contributed by atoms with E-state index >= 15 is 0 Å². The predicted molar refractivity (Wildman–Crippen MR) is 85.5 cm³/mol. The highest BCUT2D eigenvalue weighted by atomic mass is 14.9. The molecule has 2 aromatic rings. The van der Waals surface area contributed by atoms with E-state index in [1.807, 2.05) is 25.1 Å². The van der Waals surface area contributed by atoms with Gasteiger partial charge in [-0.3, -0.25) is 0 Å². The number of rotatable bonds is 2. The summed E-state index contributed by atoms with van der Waals surface area (Å²) >= 11 is 0. The lowest BCUT2D eigenvalue weighted by atomic mass is 10.0. The SMILES string of the molecule is Cc1cc(C2=CC=CC3CC3C2)nc(-c2ccccc2)n1. The largest absolute Gasteiger partial charge is 0.233 e. The molecule has 0 spiro atoms. The first-order chi connectivity index (χ1) is 10.3. The van der Waals surface area contributed by atoms with Gasteiger partial charge in [0.2, 0.25) is 0 Å². The molecule has 1 saturated carbocycles. The van der Waals surface area contributed by atoms with Gasteiger partial charge in [0, 0.05) is 11.3 Å². The van der Waals surface area contributed by atoms with Crippen molar-refractivity contribution in [3.63, 3.8) is 0 Å². The predicted octanol–water partition coefficient (Wildman–Crippen LogP) is 4.43. The van der Waals surface area contributed by atoms with Crippen LogP contribution in [0.15, 0.2) is 54.6 Å². The molecule has 104 valence electrons. The van der Waals surface area contributed by atoms with Crippen molar-refractivity contribution in [1.82, 2.24) is 9.97 Å². The van der Waals surface area contributed by atoms with Crippen LogP contribution < -0.4 is 0 Å². The van der Waals surface area contributed by atoms with Gasteiger partial charge in [-0.15, -0.1) is 0 Å². The average molecular weight is 274 g/mol. The Morgan fingerprint density at radius 2 is 1.95 bits per heavy atom. The molecule has 0 aliphatic heterocycles. The maximum Gasteiger partial charge on any atom is 0.159 e. The summed E-state index contributed by atoms with van der Waals surface area (Å²) in [6.45, 7) is 2.05. The molecular weight excluding hydrogens is 256 g/mol. The second kappa shape index (κ2) is 4.96. The summed E-state index contributed by atoms with van der Waals surface area (Å²) < 4.78 is 0. The first-order valence-electron chi connectivity index (χ1n) is 7.58. The first-order valence-corrected chi connectivity index (χ1v) is 7.58. The Balaban J connectivity index is 1.74. The van der Waals surface area contributed by atoms with Crippen LogP contribution >= 0.6 is 0 Å². The molecule has 2 aliphatic rings. The van der Waals surface area contributed by atoms with Crippen molar-refractivity contribution in [3.05, 3.63) is 66.0 Å². The Hall–Kier alpha value is -2.22. The van der Waals surface area contributed by atoms with Crippen molar-refractivity contribution in [2.75, 3.05) is 0 Å². The molecular formula is C19H18N2. The van der Waals surface area contributed by atoms with E-state index in [0.29, 0.717) is 0 Å². The Bertz CT molecular complexity index is 728. The molecule has 0 N–H and O–H groups in total. The molecule has 1 aromatic carbocycles. The number of aryl methyl sites for hydroxylation is 1. The van der Waals surface area contributed by atoms with Crippen LogP contribution in [0.1, 0.15) is 24.2 Å². The van der Waals surface area contributed by atoms with E-state index in [-0.39, 0.29) is 0 Å². The van der Waals surface area contributed by atoms with Gasteiger partial charge in [-0.1, -0.05) is 48.6 Å². The van der Waals surface area contributed by atoms with Crippen LogP contribution in [0.5, 0.6) is 0 Å². The Labute approximate surface area is 125 Å². The molecule has 1 heterocycles. The number of benzene rings is 1. The fraction of sp³-hybridized carbons (Fsp3) is 0.263. The third-order valence-corrected chi connectivity index (χ3v) is 4.33. The summed E-state index contributed by atoms with van der Waals surface area (Å²) in [5, 5.41) is 0. The number of allylic oxidation sites excluding steroid dienone is 4. The molecule has 21 heavy (non-hydrogen) atoms. The van der Waals surface area contributed by atoms with Crippen molar-refractivity contribution in [2.45, 2.75) is 19.8 Å². The average Bonchev–Trinajstić information content (AvgIpc) is 3.25. The molecule has 0 amide bonds. The van der Waals surface area contributed by atoms with Crippen molar-refractivity contribution in [3.8, 4) is 11.4 Å². The number of fused-ring (bicyclic) bond motifs is 1. The van der Waals surface area contributed by atoms with Crippen LogP contribution in [0.4, 0.5) is 0 Å². The summed E-state index contributed by atoms with van der Waals surface area (Å²) in [4.78, 5) is 9.40. The van der Waals surface area contributed by atoms with Gasteiger partial charge in [-0.05, 0) is 43.2 Å². The minimum absolute atomic E-state index is 0.801. The van der Waals surface area contributed by atoms with Gasteiger partial charge < -0.3 is 0 Å². The number of nitrogens with zero attached hydrogens (tertiary/aromatic N) is 2. The minimum atomic E-state index is 0.801. The third kappa shape index (κ3) is 2.54. The molecule has 2 heteroatoms. The third-order valence-electron chi connectivity index (χ3n) is 4.33. The molecule has 2 atom stereocenters. The van der Waals surface area contributed by atoms with Crippen LogP contribution in [0, 0.1) is 18.8 Å². The van der Waals surface area contributed by atoms with E-state index < -0.39 is 0 Å². The normalized spacial score (nSPS) is 23.2. The molecule has 2 unspecified atom stereocenters. The zero-order valence-corrected chi connectivity index (χ0v) is 12.2. The minimum Gasteiger partial charge on any atom is -0.233 e. The first kappa shape index (κ1) is 12.5. The zero-order chi connectivity index (χ0) is 14.2. The van der Waals surface area contributed by atoms with E-state index in [1.54, 1.807) is 0 Å². The molecule has 0 saturated heterocycles. The molecule has 0 bridgehead atoms. The van der Waals surface area contributed by atoms with Crippen LogP contribution in [0.3, 0.4) is 0 Å². The molecule has 1 aromatic heterocycles. The number of hydrogen-bond acceptors (Lipinski definition) is 2. The maximum absolute atomic E-state index is 4.81. The van der Waals surface area contributed by atoms with E-state index in [2.05, 4.69) is 41.4 Å². The summed E-state index contributed by atoms with van der Waals surface area (Å²) in [5.74, 6) is 2.45. The van der Waals surface area contributed by atoms with Gasteiger partial charge >= 0.3 is 0 Å². The van der Waals surface area contributed by atoms with Crippen LogP contribution in [-0.2, 0) is 0 Å². The molecule has 4 rings (SSSR count). The fourth-order valence-corrected chi connectivity index (χ4v) is 3.05. The summed E-state index contributed by atoms with van der Waals surface area (Å²) in [6.07, 6.45) is 9.24. The quantitative estimate of drug-likeness (QED) is 0.809. The standard InChI is InChI=1S/C19H18N2/c1-13-10-18(16-9-5-8-15-11-17(15)12-16)21-19(20-13)14-6-3-2-4-7-14/h2-10,15,17H,11-12H2,1H3. The van der Waals surface area contributed by atoms with Crippen LogP contribution in [0.25, 0.3) is 17.0 Å². The van der Waals surface area contributed by atoms with Crippen molar-refractivity contribution in [2.24, 2.45) is 11.8 Å².